The molecule has 0 aromatic heterocycles. The fourth-order valence-corrected chi connectivity index (χ4v) is 3.52. The van der Waals surface area contributed by atoms with Crippen molar-refractivity contribution in [2.75, 3.05) is 11.9 Å². The van der Waals surface area contributed by atoms with Crippen molar-refractivity contribution in [3.63, 3.8) is 0 Å². The summed E-state index contributed by atoms with van der Waals surface area (Å²) in [7, 11) is 0. The molecule has 1 heteroatoms. The molecule has 0 amide bonds. The molecular weight excluding hydrogens is 266 g/mol. The molecule has 116 valence electrons. The first-order chi connectivity index (χ1) is 10.4. The molecule has 2 aromatic carbocycles. The quantitative estimate of drug-likeness (QED) is 0.767. The standard InChI is InChI=1S/C21H27N/c1-15-5-7-16(8-6-15)13-17-9-10-20-18(14-17)19(11-12-22-20)21(2,3)4/h5-10,14,19,22H,11-13H2,1-4H3. The van der Waals surface area contributed by atoms with E-state index in [2.05, 4.69) is 75.5 Å². The van der Waals surface area contributed by atoms with Crippen LogP contribution in [0.3, 0.4) is 0 Å². The maximum atomic E-state index is 3.56. The minimum atomic E-state index is 0.319. The van der Waals surface area contributed by atoms with Gasteiger partial charge in [0.25, 0.3) is 0 Å². The van der Waals surface area contributed by atoms with E-state index < -0.39 is 0 Å². The lowest BCUT2D eigenvalue weighted by Crippen LogP contribution is -2.26. The van der Waals surface area contributed by atoms with E-state index in [0.29, 0.717) is 11.3 Å². The molecular formula is C21H27N. The van der Waals surface area contributed by atoms with E-state index in [1.165, 1.54) is 34.4 Å². The minimum Gasteiger partial charge on any atom is -0.385 e. The zero-order valence-corrected chi connectivity index (χ0v) is 14.2. The SMILES string of the molecule is Cc1ccc(Cc2ccc3c(c2)C(C(C)(C)C)CCN3)cc1. The van der Waals surface area contributed by atoms with Gasteiger partial charge in [0.2, 0.25) is 0 Å². The van der Waals surface area contributed by atoms with Crippen molar-refractivity contribution in [1.82, 2.24) is 0 Å². The average Bonchev–Trinajstić information content (AvgIpc) is 2.48. The van der Waals surface area contributed by atoms with Crippen LogP contribution in [0.4, 0.5) is 5.69 Å². The van der Waals surface area contributed by atoms with Crippen molar-refractivity contribution in [3.05, 3.63) is 64.7 Å². The minimum absolute atomic E-state index is 0.319. The lowest BCUT2D eigenvalue weighted by Gasteiger charge is -2.36. The van der Waals surface area contributed by atoms with Crippen molar-refractivity contribution in [2.24, 2.45) is 5.41 Å². The second kappa shape index (κ2) is 5.79. The van der Waals surface area contributed by atoms with E-state index >= 15 is 0 Å². The number of fused-ring (bicyclic) bond motifs is 1. The van der Waals surface area contributed by atoms with E-state index in [9.17, 15) is 0 Å². The van der Waals surface area contributed by atoms with E-state index in [-0.39, 0.29) is 0 Å². The molecule has 1 heterocycles. The summed E-state index contributed by atoms with van der Waals surface area (Å²) in [6.07, 6.45) is 2.24. The van der Waals surface area contributed by atoms with Crippen LogP contribution in [0.15, 0.2) is 42.5 Å². The summed E-state index contributed by atoms with van der Waals surface area (Å²) in [5.41, 5.74) is 7.29. The fraction of sp³-hybridized carbons (Fsp3) is 0.429. The van der Waals surface area contributed by atoms with Crippen LogP contribution in [-0.4, -0.2) is 6.54 Å². The maximum Gasteiger partial charge on any atom is 0.0375 e. The van der Waals surface area contributed by atoms with Crippen LogP contribution in [0.5, 0.6) is 0 Å². The predicted octanol–water partition coefficient (Wildman–Crippen LogP) is 5.53. The highest BCUT2D eigenvalue weighted by atomic mass is 14.9. The van der Waals surface area contributed by atoms with Gasteiger partial charge < -0.3 is 5.32 Å². The molecule has 0 aliphatic carbocycles. The smallest absolute Gasteiger partial charge is 0.0375 e. The molecule has 1 nitrogen and oxygen atoms in total. The van der Waals surface area contributed by atoms with Gasteiger partial charge in [-0.2, -0.15) is 0 Å². The van der Waals surface area contributed by atoms with Gasteiger partial charge >= 0.3 is 0 Å². The molecule has 2 aromatic rings. The summed E-state index contributed by atoms with van der Waals surface area (Å²) in [5.74, 6) is 0.640. The number of anilines is 1. The summed E-state index contributed by atoms with van der Waals surface area (Å²) in [5, 5.41) is 3.56. The zero-order chi connectivity index (χ0) is 15.7. The highest BCUT2D eigenvalue weighted by Gasteiger charge is 2.30. The largest absolute Gasteiger partial charge is 0.385 e. The molecule has 1 unspecified atom stereocenters. The third kappa shape index (κ3) is 3.19. The van der Waals surface area contributed by atoms with E-state index in [4.69, 9.17) is 0 Å². The van der Waals surface area contributed by atoms with Crippen LogP contribution in [0.25, 0.3) is 0 Å². The summed E-state index contributed by atoms with van der Waals surface area (Å²) in [6, 6.07) is 15.9. The van der Waals surface area contributed by atoms with Gasteiger partial charge in [0, 0.05) is 12.2 Å². The fourth-order valence-electron chi connectivity index (χ4n) is 3.52. The van der Waals surface area contributed by atoms with E-state index in [1.54, 1.807) is 0 Å². The lowest BCUT2D eigenvalue weighted by molar-refractivity contribution is 0.305. The Kier molecular flexibility index (Phi) is 3.99. The Morgan fingerprint density at radius 1 is 1.00 bits per heavy atom. The Labute approximate surface area is 134 Å². The van der Waals surface area contributed by atoms with Gasteiger partial charge in [-0.3, -0.25) is 0 Å². The first kappa shape index (κ1) is 15.1. The Bertz CT molecular complexity index is 647. The summed E-state index contributed by atoms with van der Waals surface area (Å²) < 4.78 is 0. The van der Waals surface area contributed by atoms with E-state index in [1.807, 2.05) is 0 Å². The lowest BCUT2D eigenvalue weighted by atomic mass is 9.72. The van der Waals surface area contributed by atoms with Gasteiger partial charge in [0.05, 0.1) is 0 Å². The summed E-state index contributed by atoms with van der Waals surface area (Å²) in [6.45, 7) is 10.3. The molecule has 1 atom stereocenters. The molecule has 0 spiro atoms. The van der Waals surface area contributed by atoms with Crippen LogP contribution >= 0.6 is 0 Å². The van der Waals surface area contributed by atoms with E-state index in [0.717, 1.165) is 13.0 Å². The van der Waals surface area contributed by atoms with Crippen molar-refractivity contribution in [2.45, 2.75) is 46.5 Å². The Hall–Kier alpha value is -1.76. The summed E-state index contributed by atoms with van der Waals surface area (Å²) >= 11 is 0. The molecule has 0 saturated carbocycles. The first-order valence-electron chi connectivity index (χ1n) is 8.36. The van der Waals surface area contributed by atoms with Crippen molar-refractivity contribution < 1.29 is 0 Å². The average molecular weight is 293 g/mol. The van der Waals surface area contributed by atoms with Gasteiger partial charge in [-0.05, 0) is 53.9 Å². The normalized spacial score (nSPS) is 17.7. The molecule has 22 heavy (non-hydrogen) atoms. The van der Waals surface area contributed by atoms with Crippen molar-refractivity contribution >= 4 is 5.69 Å². The molecule has 0 fully saturated rings. The number of benzene rings is 2. The molecule has 1 aliphatic rings. The second-order valence-electron chi connectivity index (χ2n) is 7.72. The first-order valence-corrected chi connectivity index (χ1v) is 8.36. The van der Waals surface area contributed by atoms with Crippen LogP contribution < -0.4 is 5.32 Å². The van der Waals surface area contributed by atoms with Gasteiger partial charge in [-0.1, -0.05) is 62.7 Å². The highest BCUT2D eigenvalue weighted by Crippen LogP contribution is 2.43. The Morgan fingerprint density at radius 3 is 2.36 bits per heavy atom. The topological polar surface area (TPSA) is 12.0 Å². The van der Waals surface area contributed by atoms with Gasteiger partial charge in [0.1, 0.15) is 0 Å². The third-order valence-electron chi connectivity index (χ3n) is 4.81. The summed E-state index contributed by atoms with van der Waals surface area (Å²) in [4.78, 5) is 0. The maximum absolute atomic E-state index is 3.56. The molecule has 1 N–H and O–H groups in total. The van der Waals surface area contributed by atoms with Crippen LogP contribution in [-0.2, 0) is 6.42 Å². The molecule has 1 aliphatic heterocycles. The van der Waals surface area contributed by atoms with Crippen LogP contribution in [0, 0.1) is 12.3 Å². The number of rotatable bonds is 2. The van der Waals surface area contributed by atoms with Gasteiger partial charge in [-0.25, -0.2) is 0 Å². The van der Waals surface area contributed by atoms with Crippen LogP contribution in [0.2, 0.25) is 0 Å². The van der Waals surface area contributed by atoms with Gasteiger partial charge in [0.15, 0.2) is 0 Å². The Balaban J connectivity index is 1.90. The number of hydrogen-bond donors (Lipinski definition) is 1. The number of aryl methyl sites for hydroxylation is 1. The molecule has 3 rings (SSSR count). The molecule has 0 saturated heterocycles. The monoisotopic (exact) mass is 293 g/mol. The molecule has 0 radical (unpaired) electrons. The molecule has 0 bridgehead atoms. The van der Waals surface area contributed by atoms with Crippen molar-refractivity contribution in [3.8, 4) is 0 Å². The van der Waals surface area contributed by atoms with Gasteiger partial charge in [-0.15, -0.1) is 0 Å². The second-order valence-corrected chi connectivity index (χ2v) is 7.72. The number of hydrogen-bond acceptors (Lipinski definition) is 1. The zero-order valence-electron chi connectivity index (χ0n) is 14.2. The number of nitrogens with one attached hydrogen (secondary N) is 1. The van der Waals surface area contributed by atoms with Crippen LogP contribution in [0.1, 0.15) is 55.4 Å². The Morgan fingerprint density at radius 2 is 1.68 bits per heavy atom. The van der Waals surface area contributed by atoms with Crippen molar-refractivity contribution in [1.29, 1.82) is 0 Å². The predicted molar refractivity (Wildman–Crippen MR) is 95.7 cm³/mol. The highest BCUT2D eigenvalue weighted by molar-refractivity contribution is 5.57. The third-order valence-corrected chi connectivity index (χ3v) is 4.81.